The van der Waals surface area contributed by atoms with E-state index in [1.54, 1.807) is 23.5 Å². The molecule has 0 radical (unpaired) electrons. The number of methoxy groups -OCH3 is 1. The Morgan fingerprint density at radius 2 is 2.10 bits per heavy atom. The third kappa shape index (κ3) is 5.63. The Balaban J connectivity index is 1.73. The van der Waals surface area contributed by atoms with E-state index in [1.807, 2.05) is 19.9 Å². The van der Waals surface area contributed by atoms with Gasteiger partial charge in [-0.15, -0.1) is 11.3 Å². The van der Waals surface area contributed by atoms with E-state index in [1.165, 1.54) is 12.0 Å². The molecule has 1 unspecified atom stereocenters. The van der Waals surface area contributed by atoms with E-state index in [2.05, 4.69) is 21.7 Å². The van der Waals surface area contributed by atoms with Gasteiger partial charge in [0.1, 0.15) is 0 Å². The number of halogens is 1. The van der Waals surface area contributed by atoms with E-state index in [0.29, 0.717) is 41.8 Å². The third-order valence-corrected chi connectivity index (χ3v) is 5.91. The highest BCUT2D eigenvalue weighted by Crippen LogP contribution is 2.37. The van der Waals surface area contributed by atoms with Crippen LogP contribution >= 0.6 is 22.9 Å². The summed E-state index contributed by atoms with van der Waals surface area (Å²) in [6.45, 7) is 7.43. The molecule has 1 aromatic carbocycles. The van der Waals surface area contributed by atoms with Crippen molar-refractivity contribution in [2.24, 2.45) is 0 Å². The predicted molar refractivity (Wildman–Crippen MR) is 116 cm³/mol. The summed E-state index contributed by atoms with van der Waals surface area (Å²) in [5.41, 5.74) is 0.440. The number of carbonyl (C=O) groups is 1. The van der Waals surface area contributed by atoms with Gasteiger partial charge < -0.3 is 19.5 Å². The minimum absolute atomic E-state index is 0.0545. The lowest BCUT2D eigenvalue weighted by atomic mass is 10.1. The van der Waals surface area contributed by atoms with Crippen molar-refractivity contribution in [2.45, 2.75) is 26.0 Å². The number of nitrogens with zero attached hydrogens (tertiary/aromatic N) is 1. The highest BCUT2D eigenvalue weighted by molar-refractivity contribution is 7.10. The molecule has 1 fully saturated rings. The molecule has 3 rings (SSSR count). The maximum atomic E-state index is 12.8. The normalized spacial score (nSPS) is 15.9. The molecule has 1 amide bonds. The van der Waals surface area contributed by atoms with Crippen LogP contribution in [0, 0.1) is 0 Å². The van der Waals surface area contributed by atoms with Crippen LogP contribution in [0.4, 0.5) is 0 Å². The molecule has 2 aromatic rings. The lowest BCUT2D eigenvalue weighted by molar-refractivity contribution is 0.0169. The summed E-state index contributed by atoms with van der Waals surface area (Å²) >= 11 is 8.06. The third-order valence-electron chi connectivity index (χ3n) is 4.66. The topological polar surface area (TPSA) is 60.0 Å². The summed E-state index contributed by atoms with van der Waals surface area (Å²) in [6.07, 6.45) is -0.0545. The molecule has 6 nitrogen and oxygen atoms in total. The summed E-state index contributed by atoms with van der Waals surface area (Å²) in [5, 5.41) is 5.46. The maximum Gasteiger partial charge on any atom is 0.251 e. The summed E-state index contributed by atoms with van der Waals surface area (Å²) in [6, 6.07) is 7.53. The Morgan fingerprint density at radius 3 is 2.72 bits per heavy atom. The first-order valence-electron chi connectivity index (χ1n) is 9.67. The van der Waals surface area contributed by atoms with Crippen molar-refractivity contribution in [3.8, 4) is 11.5 Å². The minimum atomic E-state index is -0.198. The van der Waals surface area contributed by atoms with Gasteiger partial charge in [-0.2, -0.15) is 0 Å². The van der Waals surface area contributed by atoms with E-state index >= 15 is 0 Å². The molecule has 0 spiro atoms. The highest BCUT2D eigenvalue weighted by atomic mass is 35.5. The second kappa shape index (κ2) is 10.3. The fourth-order valence-electron chi connectivity index (χ4n) is 3.27. The molecule has 1 atom stereocenters. The number of amides is 1. The molecule has 29 heavy (non-hydrogen) atoms. The van der Waals surface area contributed by atoms with Gasteiger partial charge in [0.2, 0.25) is 0 Å². The maximum absolute atomic E-state index is 12.8. The van der Waals surface area contributed by atoms with Crippen LogP contribution in [0.25, 0.3) is 0 Å². The molecular weight excluding hydrogens is 412 g/mol. The zero-order chi connectivity index (χ0) is 20.8. The van der Waals surface area contributed by atoms with Crippen LogP contribution in [0.15, 0.2) is 29.6 Å². The largest absolute Gasteiger partial charge is 0.493 e. The zero-order valence-electron chi connectivity index (χ0n) is 16.9. The number of rotatable bonds is 8. The van der Waals surface area contributed by atoms with Gasteiger partial charge in [-0.3, -0.25) is 9.69 Å². The standard InChI is InChI=1S/C21H27ClN2O4S/c1-14(2)28-20-16(22)11-15(12-18(20)26-3)21(25)23-13-17(19-5-4-10-29-19)24-6-8-27-9-7-24/h4-5,10-12,14,17H,6-9,13H2,1-3H3,(H,23,25). The molecule has 0 bridgehead atoms. The Hall–Kier alpha value is -1.80. The van der Waals surface area contributed by atoms with Gasteiger partial charge in [-0.25, -0.2) is 0 Å². The SMILES string of the molecule is COc1cc(C(=O)NCC(c2cccs2)N2CCOCC2)cc(Cl)c1OC(C)C. The number of thiophene rings is 1. The fourth-order valence-corrected chi connectivity index (χ4v) is 4.39. The van der Waals surface area contributed by atoms with Crippen molar-refractivity contribution < 1.29 is 19.0 Å². The molecule has 0 saturated carbocycles. The summed E-state index contributed by atoms with van der Waals surface area (Å²) < 4.78 is 16.6. The van der Waals surface area contributed by atoms with E-state index in [4.69, 9.17) is 25.8 Å². The molecule has 1 aromatic heterocycles. The van der Waals surface area contributed by atoms with Crippen molar-refractivity contribution >= 4 is 28.8 Å². The van der Waals surface area contributed by atoms with E-state index in [-0.39, 0.29) is 18.1 Å². The number of hydrogen-bond donors (Lipinski definition) is 1. The second-order valence-corrected chi connectivity index (χ2v) is 8.43. The van der Waals surface area contributed by atoms with E-state index in [9.17, 15) is 4.79 Å². The van der Waals surface area contributed by atoms with Gasteiger partial charge in [0.25, 0.3) is 5.91 Å². The Kier molecular flexibility index (Phi) is 7.77. The number of ether oxygens (including phenoxy) is 3. The number of hydrogen-bond acceptors (Lipinski definition) is 6. The van der Waals surface area contributed by atoms with Crippen LogP contribution in [-0.2, 0) is 4.74 Å². The van der Waals surface area contributed by atoms with Crippen LogP contribution < -0.4 is 14.8 Å². The Morgan fingerprint density at radius 1 is 1.34 bits per heavy atom. The van der Waals surface area contributed by atoms with Crippen LogP contribution in [-0.4, -0.2) is 56.9 Å². The fraction of sp³-hybridized carbons (Fsp3) is 0.476. The van der Waals surface area contributed by atoms with Crippen molar-refractivity contribution in [1.29, 1.82) is 0 Å². The van der Waals surface area contributed by atoms with Gasteiger partial charge >= 0.3 is 0 Å². The molecule has 1 saturated heterocycles. The summed E-state index contributed by atoms with van der Waals surface area (Å²) in [7, 11) is 1.53. The van der Waals surface area contributed by atoms with Gasteiger partial charge in [0.05, 0.1) is 37.5 Å². The van der Waals surface area contributed by atoms with Gasteiger partial charge in [-0.05, 0) is 37.4 Å². The molecule has 1 N–H and O–H groups in total. The van der Waals surface area contributed by atoms with Crippen molar-refractivity contribution in [3.05, 3.63) is 45.1 Å². The minimum Gasteiger partial charge on any atom is -0.493 e. The van der Waals surface area contributed by atoms with Crippen LogP contribution in [0.3, 0.4) is 0 Å². The van der Waals surface area contributed by atoms with Crippen LogP contribution in [0.5, 0.6) is 11.5 Å². The number of nitrogens with one attached hydrogen (secondary N) is 1. The number of morpholine rings is 1. The zero-order valence-corrected chi connectivity index (χ0v) is 18.5. The smallest absolute Gasteiger partial charge is 0.251 e. The second-order valence-electron chi connectivity index (χ2n) is 7.05. The first kappa shape index (κ1) is 21.9. The first-order chi connectivity index (χ1) is 14.0. The molecule has 0 aliphatic carbocycles. The average Bonchev–Trinajstić information content (AvgIpc) is 3.24. The highest BCUT2D eigenvalue weighted by Gasteiger charge is 2.24. The number of benzene rings is 1. The molecule has 2 heterocycles. The lowest BCUT2D eigenvalue weighted by Gasteiger charge is -2.34. The monoisotopic (exact) mass is 438 g/mol. The quantitative estimate of drug-likeness (QED) is 0.675. The van der Waals surface area contributed by atoms with Crippen LogP contribution in [0.1, 0.15) is 35.1 Å². The Labute approximate surface area is 180 Å². The Bertz CT molecular complexity index is 807. The summed E-state index contributed by atoms with van der Waals surface area (Å²) in [5.74, 6) is 0.695. The average molecular weight is 439 g/mol. The molecular formula is C21H27ClN2O4S. The summed E-state index contributed by atoms with van der Waals surface area (Å²) in [4.78, 5) is 16.4. The van der Waals surface area contributed by atoms with Gasteiger partial charge in [-0.1, -0.05) is 17.7 Å². The van der Waals surface area contributed by atoms with Crippen molar-refractivity contribution in [2.75, 3.05) is 40.0 Å². The number of carbonyl (C=O) groups excluding carboxylic acids is 1. The van der Waals surface area contributed by atoms with Crippen molar-refractivity contribution in [1.82, 2.24) is 10.2 Å². The lowest BCUT2D eigenvalue weighted by Crippen LogP contribution is -2.43. The van der Waals surface area contributed by atoms with E-state index < -0.39 is 0 Å². The van der Waals surface area contributed by atoms with Crippen molar-refractivity contribution in [3.63, 3.8) is 0 Å². The van der Waals surface area contributed by atoms with E-state index in [0.717, 1.165) is 13.1 Å². The molecule has 1 aliphatic heterocycles. The van der Waals surface area contributed by atoms with Crippen LogP contribution in [0.2, 0.25) is 5.02 Å². The molecule has 8 heteroatoms. The predicted octanol–water partition coefficient (Wildman–Crippen LogP) is 4.00. The van der Waals surface area contributed by atoms with Gasteiger partial charge in [0, 0.05) is 30.1 Å². The van der Waals surface area contributed by atoms with Gasteiger partial charge in [0.15, 0.2) is 11.5 Å². The molecule has 158 valence electrons. The molecule has 1 aliphatic rings. The first-order valence-corrected chi connectivity index (χ1v) is 10.9.